The van der Waals surface area contributed by atoms with Crippen LogP contribution in [0.3, 0.4) is 0 Å². The van der Waals surface area contributed by atoms with Crippen molar-refractivity contribution in [3.05, 3.63) is 35.0 Å². The lowest BCUT2D eigenvalue weighted by molar-refractivity contribution is 0.139. The summed E-state index contributed by atoms with van der Waals surface area (Å²) < 4.78 is 6.12. The largest absolute Gasteiger partial charge is 0.486 e. The molecule has 1 aromatic carbocycles. The monoisotopic (exact) mass is 281 g/mol. The maximum atomic E-state index is 6.12. The molecule has 1 aromatic heterocycles. The molecule has 0 fully saturated rings. The maximum Gasteiger partial charge on any atom is 0.165 e. The van der Waals surface area contributed by atoms with E-state index in [1.807, 2.05) is 12.1 Å². The first-order valence-electron chi connectivity index (χ1n) is 7.50. The lowest BCUT2D eigenvalue weighted by Crippen LogP contribution is -2.24. The molecule has 1 aliphatic heterocycles. The summed E-state index contributed by atoms with van der Waals surface area (Å²) in [4.78, 5) is 9.27. The highest BCUT2D eigenvalue weighted by Gasteiger charge is 2.32. The van der Waals surface area contributed by atoms with E-state index < -0.39 is 0 Å². The molecule has 0 amide bonds. The van der Waals surface area contributed by atoms with E-state index in [1.54, 1.807) is 0 Å². The third-order valence-electron chi connectivity index (χ3n) is 4.30. The Morgan fingerprint density at radius 2 is 2.05 bits per heavy atom. The van der Waals surface area contributed by atoms with E-state index in [9.17, 15) is 0 Å². The Bertz CT molecular complexity index is 737. The first-order chi connectivity index (χ1) is 10.0. The fourth-order valence-electron chi connectivity index (χ4n) is 3.37. The number of rotatable bonds is 1. The van der Waals surface area contributed by atoms with Crippen molar-refractivity contribution in [3.8, 4) is 17.1 Å². The van der Waals surface area contributed by atoms with Gasteiger partial charge in [0.05, 0.1) is 5.56 Å². The quantitative estimate of drug-likeness (QED) is 0.873. The zero-order valence-electron chi connectivity index (χ0n) is 12.4. The molecule has 0 saturated heterocycles. The minimum atomic E-state index is -0.166. The number of para-hydroxylation sites is 1. The molecule has 21 heavy (non-hydrogen) atoms. The molecule has 0 atom stereocenters. The van der Waals surface area contributed by atoms with Gasteiger partial charge in [0.1, 0.15) is 17.2 Å². The first kappa shape index (κ1) is 12.6. The van der Waals surface area contributed by atoms with Gasteiger partial charge in [-0.05, 0) is 44.7 Å². The molecule has 1 aliphatic carbocycles. The molecule has 0 bridgehead atoms. The van der Waals surface area contributed by atoms with Gasteiger partial charge >= 0.3 is 0 Å². The number of anilines is 1. The topological polar surface area (TPSA) is 61.0 Å². The summed E-state index contributed by atoms with van der Waals surface area (Å²) >= 11 is 0. The molecule has 0 unspecified atom stereocenters. The van der Waals surface area contributed by atoms with Crippen molar-refractivity contribution in [2.45, 2.75) is 45.1 Å². The number of hydrogen-bond donors (Lipinski definition) is 1. The fraction of sp³-hybridized carbons (Fsp3) is 0.412. The van der Waals surface area contributed by atoms with Crippen molar-refractivity contribution in [1.29, 1.82) is 0 Å². The van der Waals surface area contributed by atoms with E-state index in [-0.39, 0.29) is 5.60 Å². The lowest BCUT2D eigenvalue weighted by Gasteiger charge is -2.18. The number of benzene rings is 1. The van der Waals surface area contributed by atoms with Gasteiger partial charge in [0.15, 0.2) is 5.82 Å². The normalized spacial score (nSPS) is 18.2. The van der Waals surface area contributed by atoms with Gasteiger partial charge in [0.25, 0.3) is 0 Å². The van der Waals surface area contributed by atoms with Crippen molar-refractivity contribution in [3.63, 3.8) is 0 Å². The van der Waals surface area contributed by atoms with Gasteiger partial charge in [0.2, 0.25) is 0 Å². The molecule has 2 N–H and O–H groups in total. The Balaban J connectivity index is 1.86. The zero-order valence-corrected chi connectivity index (χ0v) is 12.4. The third kappa shape index (κ3) is 1.97. The van der Waals surface area contributed by atoms with E-state index in [0.29, 0.717) is 11.6 Å². The highest BCUT2D eigenvalue weighted by molar-refractivity contribution is 5.69. The van der Waals surface area contributed by atoms with Crippen molar-refractivity contribution < 1.29 is 4.74 Å². The van der Waals surface area contributed by atoms with Crippen molar-refractivity contribution in [2.75, 3.05) is 5.73 Å². The highest BCUT2D eigenvalue weighted by Crippen LogP contribution is 2.41. The van der Waals surface area contributed by atoms with Crippen LogP contribution in [0.1, 0.15) is 37.1 Å². The van der Waals surface area contributed by atoms with Gasteiger partial charge in [-0.25, -0.2) is 9.97 Å². The minimum absolute atomic E-state index is 0.166. The second kappa shape index (κ2) is 4.20. The summed E-state index contributed by atoms with van der Waals surface area (Å²) in [5.74, 6) is 2.24. The summed E-state index contributed by atoms with van der Waals surface area (Å²) in [5.41, 5.74) is 10.4. The predicted molar refractivity (Wildman–Crippen MR) is 82.3 cm³/mol. The maximum absolute atomic E-state index is 6.12. The van der Waals surface area contributed by atoms with E-state index in [0.717, 1.165) is 48.3 Å². The predicted octanol–water partition coefficient (Wildman–Crippen LogP) is 2.93. The van der Waals surface area contributed by atoms with Crippen LogP contribution in [-0.2, 0) is 19.3 Å². The molecule has 108 valence electrons. The van der Waals surface area contributed by atoms with Crippen LogP contribution < -0.4 is 10.5 Å². The number of nitrogen functional groups attached to an aromatic ring is 1. The lowest BCUT2D eigenvalue weighted by atomic mass is 10.0. The summed E-state index contributed by atoms with van der Waals surface area (Å²) in [6, 6.07) is 6.19. The van der Waals surface area contributed by atoms with Gasteiger partial charge in [-0.2, -0.15) is 0 Å². The third-order valence-corrected chi connectivity index (χ3v) is 4.30. The average molecular weight is 281 g/mol. The van der Waals surface area contributed by atoms with E-state index >= 15 is 0 Å². The van der Waals surface area contributed by atoms with Crippen molar-refractivity contribution in [1.82, 2.24) is 9.97 Å². The molecule has 0 saturated carbocycles. The SMILES string of the molecule is CC1(C)Cc2cccc(-c3nc(N)c4c(n3)CCC4)c2O1. The average Bonchev–Trinajstić information content (AvgIpc) is 3.00. The molecule has 4 heteroatoms. The second-order valence-electron chi connectivity index (χ2n) is 6.54. The number of fused-ring (bicyclic) bond motifs is 2. The van der Waals surface area contributed by atoms with Gasteiger partial charge in [-0.3, -0.25) is 0 Å². The number of hydrogen-bond acceptors (Lipinski definition) is 4. The van der Waals surface area contributed by atoms with Crippen LogP contribution in [-0.4, -0.2) is 15.6 Å². The van der Waals surface area contributed by atoms with Crippen LogP contribution in [0.4, 0.5) is 5.82 Å². The molecule has 2 aromatic rings. The molecule has 4 nitrogen and oxygen atoms in total. The number of nitrogens with two attached hydrogens (primary N) is 1. The summed E-state index contributed by atoms with van der Waals surface area (Å²) in [6.45, 7) is 4.21. The van der Waals surface area contributed by atoms with Crippen LogP contribution in [0.25, 0.3) is 11.4 Å². The van der Waals surface area contributed by atoms with Crippen molar-refractivity contribution in [2.24, 2.45) is 0 Å². The molecule has 0 spiro atoms. The summed E-state index contributed by atoms with van der Waals surface area (Å²) in [7, 11) is 0. The number of ether oxygens (including phenoxy) is 1. The summed E-state index contributed by atoms with van der Waals surface area (Å²) in [5, 5.41) is 0. The van der Waals surface area contributed by atoms with Crippen molar-refractivity contribution >= 4 is 5.82 Å². The van der Waals surface area contributed by atoms with Gasteiger partial charge < -0.3 is 10.5 Å². The minimum Gasteiger partial charge on any atom is -0.486 e. The molecular weight excluding hydrogens is 262 g/mol. The Morgan fingerprint density at radius 3 is 2.90 bits per heavy atom. The van der Waals surface area contributed by atoms with Gasteiger partial charge in [-0.15, -0.1) is 0 Å². The van der Waals surface area contributed by atoms with Crippen LogP contribution >= 0.6 is 0 Å². The molecule has 2 aliphatic rings. The van der Waals surface area contributed by atoms with Crippen LogP contribution in [0.15, 0.2) is 18.2 Å². The molecule has 4 rings (SSSR count). The van der Waals surface area contributed by atoms with Crippen LogP contribution in [0.5, 0.6) is 5.75 Å². The summed E-state index contributed by atoms with van der Waals surface area (Å²) in [6.07, 6.45) is 4.03. The standard InChI is InChI=1S/C17H19N3O/c1-17(2)9-10-5-3-7-12(14(10)21-17)16-19-13-8-4-6-11(13)15(18)20-16/h3,5,7H,4,6,8-9H2,1-2H3,(H2,18,19,20). The second-order valence-corrected chi connectivity index (χ2v) is 6.54. The smallest absolute Gasteiger partial charge is 0.165 e. The van der Waals surface area contributed by atoms with Gasteiger partial charge in [0, 0.05) is 17.7 Å². The molecular formula is C17H19N3O. The molecule has 0 radical (unpaired) electrons. The Labute approximate surface area is 124 Å². The number of nitrogens with zero attached hydrogens (tertiary/aromatic N) is 2. The fourth-order valence-corrected chi connectivity index (χ4v) is 3.37. The van der Waals surface area contributed by atoms with Crippen LogP contribution in [0.2, 0.25) is 0 Å². The number of aromatic nitrogens is 2. The Morgan fingerprint density at radius 1 is 1.19 bits per heavy atom. The molecule has 2 heterocycles. The first-order valence-corrected chi connectivity index (χ1v) is 7.50. The Kier molecular flexibility index (Phi) is 2.52. The number of aryl methyl sites for hydroxylation is 1. The van der Waals surface area contributed by atoms with E-state index in [2.05, 4.69) is 24.9 Å². The van der Waals surface area contributed by atoms with Crippen LogP contribution in [0, 0.1) is 0 Å². The van der Waals surface area contributed by atoms with E-state index in [1.165, 1.54) is 5.56 Å². The van der Waals surface area contributed by atoms with E-state index in [4.69, 9.17) is 15.5 Å². The Hall–Kier alpha value is -2.10. The highest BCUT2D eigenvalue weighted by atomic mass is 16.5. The van der Waals surface area contributed by atoms with Gasteiger partial charge in [-0.1, -0.05) is 12.1 Å². The zero-order chi connectivity index (χ0) is 14.6.